The third-order valence-electron chi connectivity index (χ3n) is 5.06. The van der Waals surface area contributed by atoms with Gasteiger partial charge < -0.3 is 15.0 Å². The molecule has 1 fully saturated rings. The highest BCUT2D eigenvalue weighted by Gasteiger charge is 2.32. The van der Waals surface area contributed by atoms with E-state index >= 15 is 0 Å². The van der Waals surface area contributed by atoms with Crippen molar-refractivity contribution in [3.8, 4) is 0 Å². The number of rotatable bonds is 4. The van der Waals surface area contributed by atoms with Crippen LogP contribution in [-0.4, -0.2) is 47.1 Å². The smallest absolute Gasteiger partial charge is 0.325 e. The van der Waals surface area contributed by atoms with Crippen molar-refractivity contribution in [2.24, 2.45) is 0 Å². The molecule has 1 atom stereocenters. The molecule has 1 aromatic heterocycles. The number of aromatic nitrogens is 1. The third-order valence-corrected chi connectivity index (χ3v) is 5.53. The van der Waals surface area contributed by atoms with Crippen LogP contribution in [0.5, 0.6) is 0 Å². The zero-order valence-electron chi connectivity index (χ0n) is 14.5. The lowest BCUT2D eigenvalue weighted by Gasteiger charge is -2.38. The fraction of sp³-hybridized carbons (Fsp3) is 0.250. The van der Waals surface area contributed by atoms with E-state index < -0.39 is 12.0 Å². The molecule has 1 aliphatic rings. The van der Waals surface area contributed by atoms with Gasteiger partial charge >= 0.3 is 5.97 Å². The number of hydrogen-bond acceptors (Lipinski definition) is 3. The Kier molecular flexibility index (Phi) is 5.00. The predicted octanol–water partition coefficient (Wildman–Crippen LogP) is 4.42. The fourth-order valence-corrected chi connectivity index (χ4v) is 4.09. The summed E-state index contributed by atoms with van der Waals surface area (Å²) in [6.07, 6.45) is 1.78. The Morgan fingerprint density at radius 2 is 1.78 bits per heavy atom. The maximum Gasteiger partial charge on any atom is 0.325 e. The van der Waals surface area contributed by atoms with Crippen LogP contribution in [0.1, 0.15) is 11.6 Å². The van der Waals surface area contributed by atoms with E-state index in [1.807, 2.05) is 41.3 Å². The van der Waals surface area contributed by atoms with E-state index in [4.69, 9.17) is 23.2 Å². The summed E-state index contributed by atoms with van der Waals surface area (Å²) in [5.41, 5.74) is 2.70. The molecular formula is C20H19Cl2N3O2. The van der Waals surface area contributed by atoms with Gasteiger partial charge in [-0.25, -0.2) is 0 Å². The van der Waals surface area contributed by atoms with Crippen LogP contribution >= 0.6 is 23.2 Å². The highest BCUT2D eigenvalue weighted by Crippen LogP contribution is 2.32. The summed E-state index contributed by atoms with van der Waals surface area (Å²) in [4.78, 5) is 19.5. The molecule has 2 heterocycles. The molecule has 0 bridgehead atoms. The highest BCUT2D eigenvalue weighted by molar-refractivity contribution is 6.31. The van der Waals surface area contributed by atoms with Crippen LogP contribution in [0.3, 0.4) is 0 Å². The van der Waals surface area contributed by atoms with Gasteiger partial charge in [0.2, 0.25) is 0 Å². The van der Waals surface area contributed by atoms with Crippen LogP contribution in [0.2, 0.25) is 10.0 Å². The second-order valence-electron chi connectivity index (χ2n) is 6.68. The molecule has 0 aliphatic carbocycles. The predicted molar refractivity (Wildman–Crippen MR) is 109 cm³/mol. The van der Waals surface area contributed by atoms with E-state index in [0.717, 1.165) is 35.2 Å². The number of aliphatic carboxylic acids is 1. The first-order valence-electron chi connectivity index (χ1n) is 8.77. The number of anilines is 1. The number of aromatic amines is 1. The summed E-state index contributed by atoms with van der Waals surface area (Å²) in [5, 5.41) is 12.1. The van der Waals surface area contributed by atoms with Crippen molar-refractivity contribution >= 4 is 45.8 Å². The van der Waals surface area contributed by atoms with Crippen molar-refractivity contribution in [2.45, 2.75) is 6.04 Å². The quantitative estimate of drug-likeness (QED) is 0.676. The average Bonchev–Trinajstić information content (AvgIpc) is 3.05. The van der Waals surface area contributed by atoms with E-state index in [9.17, 15) is 9.90 Å². The van der Waals surface area contributed by atoms with Gasteiger partial charge in [-0.3, -0.25) is 9.69 Å². The van der Waals surface area contributed by atoms with Crippen LogP contribution in [0.15, 0.2) is 48.7 Å². The Morgan fingerprint density at radius 3 is 2.48 bits per heavy atom. The van der Waals surface area contributed by atoms with Crippen LogP contribution in [0.4, 0.5) is 5.69 Å². The monoisotopic (exact) mass is 403 g/mol. The molecule has 1 aliphatic heterocycles. The van der Waals surface area contributed by atoms with Crippen molar-refractivity contribution < 1.29 is 9.90 Å². The summed E-state index contributed by atoms with van der Waals surface area (Å²) in [7, 11) is 0. The second kappa shape index (κ2) is 7.43. The molecule has 3 aromatic rings. The number of halogens is 2. The minimum Gasteiger partial charge on any atom is -0.480 e. The minimum absolute atomic E-state index is 0.596. The molecule has 0 radical (unpaired) electrons. The van der Waals surface area contributed by atoms with E-state index in [-0.39, 0.29) is 0 Å². The summed E-state index contributed by atoms with van der Waals surface area (Å²) < 4.78 is 0. The van der Waals surface area contributed by atoms with Gasteiger partial charge in [-0.15, -0.1) is 0 Å². The maximum atomic E-state index is 12.1. The molecule has 2 aromatic carbocycles. The normalized spacial score (nSPS) is 16.6. The van der Waals surface area contributed by atoms with Crippen molar-refractivity contribution in [1.29, 1.82) is 0 Å². The number of carboxylic acid groups (broad SMARTS) is 1. The number of piperazine rings is 1. The Morgan fingerprint density at radius 1 is 1.04 bits per heavy atom. The number of nitrogens with zero attached hydrogens (tertiary/aromatic N) is 2. The Bertz CT molecular complexity index is 980. The molecule has 2 N–H and O–H groups in total. The largest absolute Gasteiger partial charge is 0.480 e. The summed E-state index contributed by atoms with van der Waals surface area (Å²) in [5.74, 6) is -0.855. The van der Waals surface area contributed by atoms with E-state index in [1.165, 1.54) is 0 Å². The molecule has 4 rings (SSSR count). The molecule has 5 nitrogen and oxygen atoms in total. The highest BCUT2D eigenvalue weighted by atomic mass is 35.5. The van der Waals surface area contributed by atoms with E-state index in [0.29, 0.717) is 23.1 Å². The standard InChI is InChI=1S/C20H19Cl2N3O2/c21-13-2-1-3-15(10-13)24-6-8-25(9-7-24)19(20(26)27)17-12-23-18-5-4-14(22)11-16(17)18/h1-5,10-12,19,23H,6-9H2,(H,26,27)/t19-/m1/s1. The van der Waals surface area contributed by atoms with E-state index in [1.54, 1.807) is 12.3 Å². The third kappa shape index (κ3) is 3.63. The van der Waals surface area contributed by atoms with Gasteiger partial charge in [0.1, 0.15) is 6.04 Å². The van der Waals surface area contributed by atoms with Gasteiger partial charge in [0.25, 0.3) is 0 Å². The van der Waals surface area contributed by atoms with Gasteiger partial charge in [0.05, 0.1) is 0 Å². The lowest BCUT2D eigenvalue weighted by molar-refractivity contribution is -0.143. The van der Waals surface area contributed by atoms with Crippen molar-refractivity contribution in [3.63, 3.8) is 0 Å². The number of benzene rings is 2. The zero-order chi connectivity index (χ0) is 19.0. The van der Waals surface area contributed by atoms with E-state index in [2.05, 4.69) is 9.88 Å². The van der Waals surface area contributed by atoms with Gasteiger partial charge in [-0.2, -0.15) is 0 Å². The van der Waals surface area contributed by atoms with Crippen molar-refractivity contribution in [3.05, 3.63) is 64.3 Å². The Balaban J connectivity index is 1.57. The van der Waals surface area contributed by atoms with Crippen LogP contribution in [0.25, 0.3) is 10.9 Å². The van der Waals surface area contributed by atoms with Gasteiger partial charge in [0, 0.05) is 64.6 Å². The fourth-order valence-electron chi connectivity index (χ4n) is 3.74. The first kappa shape index (κ1) is 18.2. The zero-order valence-corrected chi connectivity index (χ0v) is 16.0. The van der Waals surface area contributed by atoms with Crippen molar-refractivity contribution in [1.82, 2.24) is 9.88 Å². The van der Waals surface area contributed by atoms with Crippen LogP contribution in [-0.2, 0) is 4.79 Å². The average molecular weight is 404 g/mol. The summed E-state index contributed by atoms with van der Waals surface area (Å²) >= 11 is 12.2. The maximum absolute atomic E-state index is 12.1. The topological polar surface area (TPSA) is 59.6 Å². The Hall–Kier alpha value is -2.21. The summed E-state index contributed by atoms with van der Waals surface area (Å²) in [6, 6.07) is 12.5. The Labute approximate surface area is 167 Å². The number of nitrogens with one attached hydrogen (secondary N) is 1. The molecule has 27 heavy (non-hydrogen) atoms. The number of hydrogen-bond donors (Lipinski definition) is 2. The lowest BCUT2D eigenvalue weighted by Crippen LogP contribution is -2.49. The summed E-state index contributed by atoms with van der Waals surface area (Å²) in [6.45, 7) is 2.79. The molecule has 0 spiro atoms. The van der Waals surface area contributed by atoms with Gasteiger partial charge in [0.15, 0.2) is 0 Å². The molecule has 1 saturated heterocycles. The number of fused-ring (bicyclic) bond motifs is 1. The first-order chi connectivity index (χ1) is 13.0. The van der Waals surface area contributed by atoms with Crippen LogP contribution < -0.4 is 4.90 Å². The molecule has 0 amide bonds. The second-order valence-corrected chi connectivity index (χ2v) is 7.55. The van der Waals surface area contributed by atoms with Gasteiger partial charge in [-0.1, -0.05) is 29.3 Å². The number of carboxylic acids is 1. The molecule has 0 unspecified atom stereocenters. The lowest BCUT2D eigenvalue weighted by atomic mass is 10.0. The molecule has 0 saturated carbocycles. The SMILES string of the molecule is O=C(O)[C@@H](c1c[nH]c2ccc(Cl)cc12)N1CCN(c2cccc(Cl)c2)CC1. The van der Waals surface area contributed by atoms with Gasteiger partial charge in [-0.05, 0) is 36.4 Å². The number of carbonyl (C=O) groups is 1. The minimum atomic E-state index is -0.855. The van der Waals surface area contributed by atoms with Crippen molar-refractivity contribution in [2.75, 3.05) is 31.1 Å². The first-order valence-corrected chi connectivity index (χ1v) is 9.52. The van der Waals surface area contributed by atoms with Crippen LogP contribution in [0, 0.1) is 0 Å². The molecular weight excluding hydrogens is 385 g/mol. The molecule has 7 heteroatoms. The number of H-pyrrole nitrogens is 1. The molecule has 140 valence electrons.